The molecule has 144 valence electrons. The quantitative estimate of drug-likeness (QED) is 0.642. The molecule has 0 spiro atoms. The van der Waals surface area contributed by atoms with Gasteiger partial charge in [0.1, 0.15) is 11.7 Å². The molecule has 5 heteroatoms. The predicted molar refractivity (Wildman–Crippen MR) is 104 cm³/mol. The first-order valence-electron chi connectivity index (χ1n) is 8.80. The van der Waals surface area contributed by atoms with Crippen molar-refractivity contribution in [3.8, 4) is 0 Å². The Labute approximate surface area is 156 Å². The van der Waals surface area contributed by atoms with E-state index in [4.69, 9.17) is 9.47 Å². The molecule has 0 radical (unpaired) electrons. The number of carbonyl (C=O) groups excluding carboxylic acids is 1. The zero-order valence-electron chi connectivity index (χ0n) is 16.1. The number of benzene rings is 1. The molecule has 0 aromatic heterocycles. The van der Waals surface area contributed by atoms with Crippen LogP contribution in [0.2, 0.25) is 0 Å². The molecule has 1 rings (SSSR count). The highest BCUT2D eigenvalue weighted by molar-refractivity contribution is 5.69. The first kappa shape index (κ1) is 21.9. The van der Waals surface area contributed by atoms with Gasteiger partial charge in [0.2, 0.25) is 0 Å². The third-order valence-corrected chi connectivity index (χ3v) is 3.68. The van der Waals surface area contributed by atoms with Gasteiger partial charge in [-0.2, -0.15) is 0 Å². The summed E-state index contributed by atoms with van der Waals surface area (Å²) in [6.45, 7) is 13.3. The Bertz CT molecular complexity index is 565. The molecule has 1 N–H and O–H groups in total. The largest absolute Gasteiger partial charge is 0.444 e. The minimum absolute atomic E-state index is 0.220. The summed E-state index contributed by atoms with van der Waals surface area (Å²) in [4.78, 5) is 14.2. The van der Waals surface area contributed by atoms with Crippen LogP contribution in [0, 0.1) is 0 Å². The second kappa shape index (κ2) is 10.8. The van der Waals surface area contributed by atoms with Gasteiger partial charge in [0.25, 0.3) is 0 Å². The molecule has 5 nitrogen and oxygen atoms in total. The van der Waals surface area contributed by atoms with Crippen molar-refractivity contribution in [3.05, 3.63) is 61.2 Å². The average molecular weight is 361 g/mol. The van der Waals surface area contributed by atoms with Gasteiger partial charge in [-0.3, -0.25) is 4.90 Å². The Morgan fingerprint density at radius 2 is 1.88 bits per heavy atom. The molecule has 1 amide bonds. The van der Waals surface area contributed by atoms with Gasteiger partial charge in [-0.25, -0.2) is 4.79 Å². The maximum atomic E-state index is 12.6. The number of carbonyl (C=O) groups is 1. The van der Waals surface area contributed by atoms with Crippen molar-refractivity contribution in [1.82, 2.24) is 4.90 Å². The van der Waals surface area contributed by atoms with Crippen LogP contribution in [0.5, 0.6) is 0 Å². The maximum Gasteiger partial charge on any atom is 0.410 e. The van der Waals surface area contributed by atoms with E-state index in [0.29, 0.717) is 19.6 Å². The van der Waals surface area contributed by atoms with Crippen LogP contribution in [-0.2, 0) is 16.1 Å². The normalized spacial score (nSPS) is 13.5. The summed E-state index contributed by atoms with van der Waals surface area (Å²) in [6, 6.07) is 9.28. The van der Waals surface area contributed by atoms with Gasteiger partial charge in [-0.05, 0) is 32.8 Å². The molecule has 0 aliphatic heterocycles. The molecule has 0 saturated carbocycles. The number of rotatable bonds is 10. The van der Waals surface area contributed by atoms with E-state index in [9.17, 15) is 9.90 Å². The van der Waals surface area contributed by atoms with Gasteiger partial charge in [0.15, 0.2) is 0 Å². The molecule has 0 saturated heterocycles. The smallest absolute Gasteiger partial charge is 0.410 e. The summed E-state index contributed by atoms with van der Waals surface area (Å²) >= 11 is 0. The van der Waals surface area contributed by atoms with E-state index in [-0.39, 0.29) is 6.61 Å². The van der Waals surface area contributed by atoms with Gasteiger partial charge < -0.3 is 14.6 Å². The average Bonchev–Trinajstić information content (AvgIpc) is 2.58. The van der Waals surface area contributed by atoms with E-state index in [2.05, 4.69) is 13.2 Å². The second-order valence-electron chi connectivity index (χ2n) is 7.03. The number of ether oxygens (including phenoxy) is 2. The Morgan fingerprint density at radius 1 is 1.23 bits per heavy atom. The molecule has 1 aromatic rings. The lowest BCUT2D eigenvalue weighted by atomic mass is 10.1. The standard InChI is InChI=1S/C21H31NO4/c1-6-11-18(22(14-7-2)20(24)26-21(3,4)5)19(15-23)25-16-17-12-9-8-10-13-17/h6-10,12-13,18-19,23H,1-2,11,14-16H2,3-5H3/t18-,19+/m1/s1. The lowest BCUT2D eigenvalue weighted by Gasteiger charge is -2.36. The van der Waals surface area contributed by atoms with Crippen molar-refractivity contribution >= 4 is 6.09 Å². The van der Waals surface area contributed by atoms with Crippen LogP contribution in [0.15, 0.2) is 55.6 Å². The molecule has 0 aliphatic rings. The van der Waals surface area contributed by atoms with Gasteiger partial charge in [-0.1, -0.05) is 42.5 Å². The van der Waals surface area contributed by atoms with E-state index in [1.54, 1.807) is 12.2 Å². The third kappa shape index (κ3) is 7.42. The van der Waals surface area contributed by atoms with E-state index < -0.39 is 23.8 Å². The molecule has 0 bridgehead atoms. The SMILES string of the molecule is C=CC[C@H]([C@H](CO)OCc1ccccc1)N(CC=C)C(=O)OC(C)(C)C. The highest BCUT2D eigenvalue weighted by Crippen LogP contribution is 2.19. The molecule has 0 heterocycles. The fourth-order valence-corrected chi connectivity index (χ4v) is 2.52. The van der Waals surface area contributed by atoms with Crippen molar-refractivity contribution in [2.24, 2.45) is 0 Å². The molecule has 0 unspecified atom stereocenters. The number of amides is 1. The monoisotopic (exact) mass is 361 g/mol. The Balaban J connectivity index is 2.95. The molecular weight excluding hydrogens is 330 g/mol. The molecule has 26 heavy (non-hydrogen) atoms. The fourth-order valence-electron chi connectivity index (χ4n) is 2.52. The molecule has 1 aromatic carbocycles. The number of nitrogens with zero attached hydrogens (tertiary/aromatic N) is 1. The van der Waals surface area contributed by atoms with E-state index in [1.165, 1.54) is 4.90 Å². The lowest BCUT2D eigenvalue weighted by Crippen LogP contribution is -2.50. The highest BCUT2D eigenvalue weighted by Gasteiger charge is 2.32. The van der Waals surface area contributed by atoms with Crippen molar-refractivity contribution < 1.29 is 19.4 Å². The fraction of sp³-hybridized carbons (Fsp3) is 0.476. The van der Waals surface area contributed by atoms with Crippen LogP contribution in [0.25, 0.3) is 0 Å². The Morgan fingerprint density at radius 3 is 2.38 bits per heavy atom. The molecular formula is C21H31NO4. The number of aliphatic hydroxyl groups is 1. The van der Waals surface area contributed by atoms with Crippen LogP contribution in [0.4, 0.5) is 4.79 Å². The first-order chi connectivity index (χ1) is 12.3. The highest BCUT2D eigenvalue weighted by atomic mass is 16.6. The minimum Gasteiger partial charge on any atom is -0.444 e. The van der Waals surface area contributed by atoms with Crippen molar-refractivity contribution in [2.45, 2.75) is 51.5 Å². The summed E-state index contributed by atoms with van der Waals surface area (Å²) < 4.78 is 11.4. The van der Waals surface area contributed by atoms with E-state index in [0.717, 1.165) is 5.56 Å². The third-order valence-electron chi connectivity index (χ3n) is 3.68. The Hall–Kier alpha value is -2.11. The minimum atomic E-state index is -0.616. The number of aliphatic hydroxyl groups excluding tert-OH is 1. The molecule has 0 aliphatic carbocycles. The summed E-state index contributed by atoms with van der Waals surface area (Å²) in [7, 11) is 0. The van der Waals surface area contributed by atoms with Crippen molar-refractivity contribution in [3.63, 3.8) is 0 Å². The maximum absolute atomic E-state index is 12.6. The van der Waals surface area contributed by atoms with Gasteiger partial charge >= 0.3 is 6.09 Å². The summed E-state index contributed by atoms with van der Waals surface area (Å²) in [5.74, 6) is 0. The second-order valence-corrected chi connectivity index (χ2v) is 7.03. The summed E-state index contributed by atoms with van der Waals surface area (Å²) in [6.07, 6.45) is 2.77. The van der Waals surface area contributed by atoms with E-state index in [1.807, 2.05) is 51.1 Å². The van der Waals surface area contributed by atoms with Crippen molar-refractivity contribution in [2.75, 3.05) is 13.2 Å². The summed E-state index contributed by atoms with van der Waals surface area (Å²) in [5.41, 5.74) is 0.380. The lowest BCUT2D eigenvalue weighted by molar-refractivity contribution is -0.0545. The zero-order valence-corrected chi connectivity index (χ0v) is 16.1. The van der Waals surface area contributed by atoms with Crippen LogP contribution in [0.1, 0.15) is 32.8 Å². The number of hydrogen-bond donors (Lipinski definition) is 1. The molecule has 0 fully saturated rings. The first-order valence-corrected chi connectivity index (χ1v) is 8.80. The van der Waals surface area contributed by atoms with E-state index >= 15 is 0 Å². The van der Waals surface area contributed by atoms with Crippen LogP contribution in [0.3, 0.4) is 0 Å². The number of hydrogen-bond acceptors (Lipinski definition) is 4. The van der Waals surface area contributed by atoms with Crippen LogP contribution < -0.4 is 0 Å². The molecule has 2 atom stereocenters. The predicted octanol–water partition coefficient (Wildman–Crippen LogP) is 3.93. The van der Waals surface area contributed by atoms with Gasteiger partial charge in [0, 0.05) is 6.54 Å². The van der Waals surface area contributed by atoms with Crippen molar-refractivity contribution in [1.29, 1.82) is 0 Å². The topological polar surface area (TPSA) is 59.0 Å². The van der Waals surface area contributed by atoms with Gasteiger partial charge in [-0.15, -0.1) is 13.2 Å². The van der Waals surface area contributed by atoms with Gasteiger partial charge in [0.05, 0.1) is 19.3 Å². The summed E-state index contributed by atoms with van der Waals surface area (Å²) in [5, 5.41) is 9.87. The zero-order chi connectivity index (χ0) is 19.6. The Kier molecular flexibility index (Phi) is 9.10. The van der Waals surface area contributed by atoms with Crippen LogP contribution in [-0.4, -0.2) is 47.0 Å². The van der Waals surface area contributed by atoms with Crippen LogP contribution >= 0.6 is 0 Å².